The summed E-state index contributed by atoms with van der Waals surface area (Å²) in [5.41, 5.74) is 3.26. The molecule has 0 amide bonds. The Balaban J connectivity index is 1.62. The van der Waals surface area contributed by atoms with E-state index in [0.717, 1.165) is 33.0 Å². The molecule has 6 heteroatoms. The normalized spacial score (nSPS) is 20.5. The Hall–Kier alpha value is -2.31. The monoisotopic (exact) mass is 440 g/mol. The summed E-state index contributed by atoms with van der Waals surface area (Å²) in [6.07, 6.45) is 0.542. The maximum absolute atomic E-state index is 6.40. The number of hydrazone groups is 1. The largest absolute Gasteiger partial charge is 0.496 e. The van der Waals surface area contributed by atoms with Crippen LogP contribution in [0.3, 0.4) is 0 Å². The zero-order chi connectivity index (χ0) is 18.4. The molecule has 3 heterocycles. The van der Waals surface area contributed by atoms with E-state index < -0.39 is 0 Å². The Kier molecular flexibility index (Phi) is 4.17. The number of thiophene rings is 1. The Labute approximate surface area is 170 Å². The molecule has 2 atom stereocenters. The van der Waals surface area contributed by atoms with Crippen LogP contribution in [0.15, 0.2) is 69.6 Å². The number of methoxy groups -OCH3 is 1. The van der Waals surface area contributed by atoms with Gasteiger partial charge in [-0.2, -0.15) is 5.10 Å². The summed E-state index contributed by atoms with van der Waals surface area (Å²) in [5, 5.41) is 7.07. The maximum Gasteiger partial charge on any atom is 0.217 e. The predicted molar refractivity (Wildman–Crippen MR) is 111 cm³/mol. The molecule has 0 saturated heterocycles. The summed E-state index contributed by atoms with van der Waals surface area (Å²) < 4.78 is 13.1. The molecule has 2 aromatic carbocycles. The number of ether oxygens (including phenoxy) is 2. The highest BCUT2D eigenvalue weighted by Crippen LogP contribution is 2.49. The Morgan fingerprint density at radius 1 is 1.07 bits per heavy atom. The molecule has 0 bridgehead atoms. The van der Waals surface area contributed by atoms with E-state index in [1.807, 2.05) is 36.4 Å². The smallest absolute Gasteiger partial charge is 0.217 e. The van der Waals surface area contributed by atoms with Crippen LogP contribution in [0.25, 0.3) is 0 Å². The molecule has 2 aliphatic rings. The van der Waals surface area contributed by atoms with Crippen molar-refractivity contribution in [3.8, 4) is 11.5 Å². The van der Waals surface area contributed by atoms with Crippen molar-refractivity contribution in [1.82, 2.24) is 5.01 Å². The van der Waals surface area contributed by atoms with Crippen LogP contribution in [0.4, 0.5) is 0 Å². The molecule has 0 fully saturated rings. The lowest BCUT2D eigenvalue weighted by Gasteiger charge is -2.38. The van der Waals surface area contributed by atoms with Crippen molar-refractivity contribution < 1.29 is 9.47 Å². The lowest BCUT2D eigenvalue weighted by atomic mass is 9.97. The van der Waals surface area contributed by atoms with Crippen molar-refractivity contribution in [3.05, 3.63) is 80.5 Å². The zero-order valence-corrected chi connectivity index (χ0v) is 17.0. The average Bonchev–Trinajstić information content (AvgIpc) is 3.34. The van der Waals surface area contributed by atoms with Crippen molar-refractivity contribution in [2.45, 2.75) is 18.7 Å². The first-order valence-electron chi connectivity index (χ1n) is 8.74. The minimum atomic E-state index is -0.318. The van der Waals surface area contributed by atoms with Gasteiger partial charge in [0.1, 0.15) is 11.5 Å². The number of benzene rings is 2. The van der Waals surface area contributed by atoms with Crippen LogP contribution in [-0.2, 0) is 0 Å². The number of rotatable bonds is 3. The Morgan fingerprint density at radius 2 is 1.85 bits per heavy atom. The first kappa shape index (κ1) is 16.8. The zero-order valence-electron chi connectivity index (χ0n) is 14.6. The second-order valence-corrected chi connectivity index (χ2v) is 8.96. The third kappa shape index (κ3) is 2.84. The van der Waals surface area contributed by atoms with E-state index in [0.29, 0.717) is 0 Å². The minimum Gasteiger partial charge on any atom is -0.496 e. The summed E-state index contributed by atoms with van der Waals surface area (Å²) in [7, 11) is 1.69. The van der Waals surface area contributed by atoms with Crippen LogP contribution in [-0.4, -0.2) is 17.8 Å². The molecule has 0 unspecified atom stereocenters. The summed E-state index contributed by atoms with van der Waals surface area (Å²) in [6.45, 7) is 0. The van der Waals surface area contributed by atoms with Crippen molar-refractivity contribution in [2.24, 2.45) is 5.10 Å². The molecule has 0 aliphatic carbocycles. The Bertz CT molecular complexity index is 1030. The molecular weight excluding hydrogens is 424 g/mol. The second-order valence-electron chi connectivity index (χ2n) is 6.50. The van der Waals surface area contributed by atoms with E-state index >= 15 is 0 Å². The van der Waals surface area contributed by atoms with Gasteiger partial charge in [-0.1, -0.05) is 30.3 Å². The lowest BCUT2D eigenvalue weighted by Crippen LogP contribution is -2.33. The molecule has 1 aromatic heterocycles. The van der Waals surface area contributed by atoms with Gasteiger partial charge in [-0.3, -0.25) is 0 Å². The van der Waals surface area contributed by atoms with E-state index in [-0.39, 0.29) is 12.3 Å². The standard InChI is InChI=1S/C21H17BrN2O2S/c1-25-17-8-4-3-7-14(17)21-24-16(13-6-2-5-9-18(13)26-21)12-15(23-24)19-10-11-20(22)27-19/h2-11,16,21H,12H2,1H3/t16-,21-/m0/s1. The van der Waals surface area contributed by atoms with Gasteiger partial charge in [-0.25, -0.2) is 5.01 Å². The topological polar surface area (TPSA) is 34.1 Å². The number of hydrogen-bond acceptors (Lipinski definition) is 5. The SMILES string of the molecule is COc1ccccc1[C@@H]1Oc2ccccc2[C@@H]2CC(c3ccc(Br)s3)=NN21. The van der Waals surface area contributed by atoms with Gasteiger partial charge in [-0.05, 0) is 46.3 Å². The summed E-state index contributed by atoms with van der Waals surface area (Å²) in [6, 6.07) is 20.6. The second kappa shape index (κ2) is 6.69. The van der Waals surface area contributed by atoms with Gasteiger partial charge in [0.25, 0.3) is 0 Å². The third-order valence-electron chi connectivity index (χ3n) is 4.96. The quantitative estimate of drug-likeness (QED) is 0.518. The van der Waals surface area contributed by atoms with Crippen LogP contribution in [0.2, 0.25) is 0 Å². The molecule has 27 heavy (non-hydrogen) atoms. The summed E-state index contributed by atoms with van der Waals surface area (Å²) in [5.74, 6) is 1.72. The van der Waals surface area contributed by atoms with Crippen molar-refractivity contribution in [1.29, 1.82) is 0 Å². The number of para-hydroxylation sites is 2. The molecule has 2 aliphatic heterocycles. The fourth-order valence-corrected chi connectivity index (χ4v) is 5.11. The molecule has 0 radical (unpaired) electrons. The van der Waals surface area contributed by atoms with E-state index in [4.69, 9.17) is 14.6 Å². The van der Waals surface area contributed by atoms with Gasteiger partial charge in [0.05, 0.1) is 33.1 Å². The number of fused-ring (bicyclic) bond motifs is 3. The Morgan fingerprint density at radius 3 is 2.63 bits per heavy atom. The molecule has 4 nitrogen and oxygen atoms in total. The molecule has 0 saturated carbocycles. The van der Waals surface area contributed by atoms with Crippen LogP contribution < -0.4 is 9.47 Å². The number of hydrogen-bond donors (Lipinski definition) is 0. The van der Waals surface area contributed by atoms with Crippen LogP contribution >= 0.6 is 27.3 Å². The van der Waals surface area contributed by atoms with E-state index in [2.05, 4.69) is 45.2 Å². The molecule has 3 aromatic rings. The van der Waals surface area contributed by atoms with Crippen LogP contribution in [0, 0.1) is 0 Å². The van der Waals surface area contributed by atoms with E-state index in [1.54, 1.807) is 18.4 Å². The number of nitrogens with zero attached hydrogens (tertiary/aromatic N) is 2. The summed E-state index contributed by atoms with van der Waals surface area (Å²) in [4.78, 5) is 1.19. The average molecular weight is 441 g/mol. The first-order chi connectivity index (χ1) is 13.2. The fraction of sp³-hybridized carbons (Fsp3) is 0.190. The highest BCUT2D eigenvalue weighted by atomic mass is 79.9. The van der Waals surface area contributed by atoms with Crippen molar-refractivity contribution in [3.63, 3.8) is 0 Å². The predicted octanol–water partition coefficient (Wildman–Crippen LogP) is 5.76. The molecule has 5 rings (SSSR count). The van der Waals surface area contributed by atoms with E-state index in [9.17, 15) is 0 Å². The molecule has 136 valence electrons. The van der Waals surface area contributed by atoms with E-state index in [1.165, 1.54) is 10.4 Å². The van der Waals surface area contributed by atoms with Gasteiger partial charge in [0.15, 0.2) is 0 Å². The van der Waals surface area contributed by atoms with Gasteiger partial charge >= 0.3 is 0 Å². The number of halogens is 1. The van der Waals surface area contributed by atoms with Gasteiger partial charge < -0.3 is 9.47 Å². The van der Waals surface area contributed by atoms with Crippen LogP contribution in [0.1, 0.15) is 34.7 Å². The van der Waals surface area contributed by atoms with Gasteiger partial charge in [0.2, 0.25) is 6.23 Å². The third-order valence-corrected chi connectivity index (χ3v) is 6.63. The molecular formula is C21H17BrN2O2S. The molecule has 0 N–H and O–H groups in total. The summed E-state index contributed by atoms with van der Waals surface area (Å²) >= 11 is 5.27. The minimum absolute atomic E-state index is 0.153. The molecule has 0 spiro atoms. The van der Waals surface area contributed by atoms with Gasteiger partial charge in [-0.15, -0.1) is 11.3 Å². The fourth-order valence-electron chi connectivity index (χ4n) is 3.73. The van der Waals surface area contributed by atoms with Gasteiger partial charge in [0, 0.05) is 12.0 Å². The van der Waals surface area contributed by atoms with Crippen molar-refractivity contribution >= 4 is 33.0 Å². The van der Waals surface area contributed by atoms with Crippen molar-refractivity contribution in [2.75, 3.05) is 7.11 Å². The first-order valence-corrected chi connectivity index (χ1v) is 10.4. The highest BCUT2D eigenvalue weighted by molar-refractivity contribution is 9.11. The lowest BCUT2D eigenvalue weighted by molar-refractivity contribution is -0.0203. The highest BCUT2D eigenvalue weighted by Gasteiger charge is 2.41. The van der Waals surface area contributed by atoms with Crippen LogP contribution in [0.5, 0.6) is 11.5 Å². The maximum atomic E-state index is 6.40.